The van der Waals surface area contributed by atoms with Gasteiger partial charge in [0.05, 0.1) is 27.6 Å². The Morgan fingerprint density at radius 2 is 1.61 bits per heavy atom. The van der Waals surface area contributed by atoms with Crippen LogP contribution in [0.3, 0.4) is 0 Å². The number of nitrogens with zero attached hydrogens (tertiary/aromatic N) is 3. The maximum absolute atomic E-state index is 12.2. The average molecular weight is 553 g/mol. The van der Waals surface area contributed by atoms with E-state index < -0.39 is 6.36 Å². The van der Waals surface area contributed by atoms with E-state index in [0.717, 1.165) is 17.7 Å². The van der Waals surface area contributed by atoms with Crippen molar-refractivity contribution in [1.82, 2.24) is 5.43 Å². The van der Waals surface area contributed by atoms with Crippen LogP contribution in [0.4, 0.5) is 24.5 Å². The van der Waals surface area contributed by atoms with E-state index in [4.69, 9.17) is 41.2 Å². The lowest BCUT2D eigenvalue weighted by atomic mass is 10.1. The van der Waals surface area contributed by atoms with Crippen molar-refractivity contribution in [2.75, 3.05) is 5.32 Å². The molecule has 0 saturated heterocycles. The second-order valence-corrected chi connectivity index (χ2v) is 8.07. The summed E-state index contributed by atoms with van der Waals surface area (Å²) in [6.07, 6.45) is -2.00. The van der Waals surface area contributed by atoms with E-state index in [2.05, 4.69) is 30.6 Å². The molecule has 0 amide bonds. The molecule has 0 saturated carbocycles. The molecule has 0 aliphatic rings. The Bertz CT molecular complexity index is 1280. The summed E-state index contributed by atoms with van der Waals surface area (Å²) < 4.78 is 40.4. The van der Waals surface area contributed by atoms with Crippen LogP contribution in [0.1, 0.15) is 11.1 Å². The normalized spacial score (nSPS) is 12.2. The molecule has 0 aromatic heterocycles. The molecule has 0 aliphatic carbocycles. The van der Waals surface area contributed by atoms with Crippen molar-refractivity contribution >= 4 is 70.3 Å². The Balaban J connectivity index is 1.53. The number of aliphatic imine (C=N–C) groups is 2. The van der Waals surface area contributed by atoms with Gasteiger partial charge in [0, 0.05) is 5.56 Å². The molecule has 3 aromatic carbocycles. The highest BCUT2D eigenvalue weighted by atomic mass is 35.5. The third kappa shape index (κ3) is 8.52. The van der Waals surface area contributed by atoms with Gasteiger partial charge in [-0.25, -0.2) is 9.98 Å². The lowest BCUT2D eigenvalue weighted by Crippen LogP contribution is -2.24. The first-order valence-corrected chi connectivity index (χ1v) is 11.1. The van der Waals surface area contributed by atoms with Crippen LogP contribution in [0.2, 0.25) is 10.0 Å². The number of hydrogen-bond acceptors (Lipinski definition) is 4. The number of anilines is 1. The van der Waals surface area contributed by atoms with Gasteiger partial charge in [-0.2, -0.15) is 5.10 Å². The molecule has 0 aliphatic heterocycles. The van der Waals surface area contributed by atoms with E-state index in [0.29, 0.717) is 27.0 Å². The first-order valence-electron chi connectivity index (χ1n) is 9.97. The molecule has 3 aromatic rings. The third-order valence-corrected chi connectivity index (χ3v) is 5.08. The number of nitrogens with two attached hydrogens (primary N) is 1. The minimum atomic E-state index is -4.75. The zero-order valence-electron chi connectivity index (χ0n) is 18.1. The summed E-state index contributed by atoms with van der Waals surface area (Å²) in [5.74, 6) is -0.147. The molecule has 186 valence electrons. The van der Waals surface area contributed by atoms with Gasteiger partial charge in [-0.1, -0.05) is 53.5 Å². The Morgan fingerprint density at radius 1 is 0.972 bits per heavy atom. The Kier molecular flexibility index (Phi) is 9.23. The second kappa shape index (κ2) is 12.3. The largest absolute Gasteiger partial charge is 0.573 e. The monoisotopic (exact) mass is 552 g/mol. The van der Waals surface area contributed by atoms with Crippen molar-refractivity contribution in [2.45, 2.75) is 6.36 Å². The summed E-state index contributed by atoms with van der Waals surface area (Å²) >= 11 is 17.4. The molecule has 0 radical (unpaired) electrons. The zero-order chi connectivity index (χ0) is 26.1. The van der Waals surface area contributed by atoms with Crippen molar-refractivity contribution in [3.63, 3.8) is 0 Å². The van der Waals surface area contributed by atoms with Gasteiger partial charge in [0.25, 0.3) is 0 Å². The number of amidine groups is 1. The van der Waals surface area contributed by atoms with Crippen molar-refractivity contribution in [2.24, 2.45) is 20.8 Å². The summed E-state index contributed by atoms with van der Waals surface area (Å²) in [5.41, 5.74) is 10.9. The average Bonchev–Trinajstić information content (AvgIpc) is 2.82. The van der Waals surface area contributed by atoms with Gasteiger partial charge >= 0.3 is 6.36 Å². The predicted molar refractivity (Wildman–Crippen MR) is 142 cm³/mol. The van der Waals surface area contributed by atoms with Crippen molar-refractivity contribution < 1.29 is 17.9 Å². The summed E-state index contributed by atoms with van der Waals surface area (Å²) in [7, 11) is 0. The lowest BCUT2D eigenvalue weighted by molar-refractivity contribution is -0.274. The number of rotatable bonds is 7. The minimum Gasteiger partial charge on any atom is -0.406 e. The predicted octanol–water partition coefficient (Wildman–Crippen LogP) is 6.28. The smallest absolute Gasteiger partial charge is 0.406 e. The van der Waals surface area contributed by atoms with Gasteiger partial charge in [0.1, 0.15) is 17.9 Å². The first kappa shape index (κ1) is 26.9. The van der Waals surface area contributed by atoms with E-state index in [1.54, 1.807) is 48.7 Å². The van der Waals surface area contributed by atoms with Gasteiger partial charge in [0.2, 0.25) is 0 Å². The third-order valence-electron chi connectivity index (χ3n) is 4.26. The number of thiocarbonyl (C=S) groups is 1. The van der Waals surface area contributed by atoms with Crippen LogP contribution in [0.25, 0.3) is 0 Å². The van der Waals surface area contributed by atoms with Crippen LogP contribution in [-0.2, 0) is 0 Å². The van der Waals surface area contributed by atoms with Gasteiger partial charge < -0.3 is 15.8 Å². The summed E-state index contributed by atoms with van der Waals surface area (Å²) in [6, 6.07) is 17.1. The van der Waals surface area contributed by atoms with Crippen LogP contribution < -0.4 is 21.2 Å². The van der Waals surface area contributed by atoms with E-state index >= 15 is 0 Å². The van der Waals surface area contributed by atoms with Crippen molar-refractivity contribution in [3.8, 4) is 5.75 Å². The minimum absolute atomic E-state index is 0.194. The van der Waals surface area contributed by atoms with Crippen LogP contribution >= 0.6 is 35.4 Å². The van der Waals surface area contributed by atoms with Gasteiger partial charge in [-0.3, -0.25) is 5.43 Å². The topological polar surface area (TPSA) is 96.4 Å². The molecule has 36 heavy (non-hydrogen) atoms. The number of benzene rings is 3. The fourth-order valence-corrected chi connectivity index (χ4v) is 3.28. The quantitative estimate of drug-likeness (QED) is 0.139. The highest BCUT2D eigenvalue weighted by Gasteiger charge is 2.30. The first-order chi connectivity index (χ1) is 17.1. The summed E-state index contributed by atoms with van der Waals surface area (Å²) in [5, 5.41) is 7.99. The summed E-state index contributed by atoms with van der Waals surface area (Å²) in [4.78, 5) is 8.07. The number of halogens is 5. The molecule has 3 rings (SSSR count). The number of para-hydroxylation sites is 1. The van der Waals surface area contributed by atoms with Crippen molar-refractivity contribution in [1.29, 1.82) is 0 Å². The molecule has 0 fully saturated rings. The van der Waals surface area contributed by atoms with Crippen LogP contribution in [-0.4, -0.2) is 29.9 Å². The maximum atomic E-state index is 12.2. The standard InChI is InChI=1S/C23H17Cl2F3N6OS/c24-18-2-1-3-19(25)20(18)33-22(36)34-32-12-14-4-6-15(7-5-14)21(29)31-13-30-16-8-10-17(11-9-16)35-23(26,27)28/h1-13H,(H2,29,30,31)(H2,33,34,36)/b32-12-. The highest BCUT2D eigenvalue weighted by molar-refractivity contribution is 7.80. The number of alkyl halides is 3. The molecular formula is C23H17Cl2F3N6OS. The molecule has 7 nitrogen and oxygen atoms in total. The Hall–Kier alpha value is -3.67. The van der Waals surface area contributed by atoms with Gasteiger partial charge in [-0.15, -0.1) is 13.2 Å². The fraction of sp³-hybridized carbons (Fsp3) is 0.0435. The Morgan fingerprint density at radius 3 is 2.22 bits per heavy atom. The van der Waals surface area contributed by atoms with Gasteiger partial charge in [0.15, 0.2) is 5.11 Å². The molecule has 0 heterocycles. The summed E-state index contributed by atoms with van der Waals surface area (Å²) in [6.45, 7) is 0. The molecule has 13 heteroatoms. The lowest BCUT2D eigenvalue weighted by Gasteiger charge is -2.10. The number of nitrogens with one attached hydrogen (secondary N) is 2. The van der Waals surface area contributed by atoms with E-state index in [9.17, 15) is 13.2 Å². The Labute approximate surface area is 219 Å². The molecule has 0 spiro atoms. The number of hydrogen-bond donors (Lipinski definition) is 3. The molecule has 0 atom stereocenters. The maximum Gasteiger partial charge on any atom is 0.573 e. The van der Waals surface area contributed by atoms with Crippen LogP contribution in [0.15, 0.2) is 81.8 Å². The van der Waals surface area contributed by atoms with Crippen LogP contribution in [0, 0.1) is 0 Å². The molecule has 0 bridgehead atoms. The number of ether oxygens (including phenoxy) is 1. The molecule has 4 N–H and O–H groups in total. The second-order valence-electron chi connectivity index (χ2n) is 6.84. The van der Waals surface area contributed by atoms with E-state index in [-0.39, 0.29) is 16.7 Å². The van der Waals surface area contributed by atoms with Crippen LogP contribution in [0.5, 0.6) is 5.75 Å². The molecular weight excluding hydrogens is 536 g/mol. The van der Waals surface area contributed by atoms with Crippen molar-refractivity contribution in [3.05, 3.63) is 87.9 Å². The highest BCUT2D eigenvalue weighted by Crippen LogP contribution is 2.29. The van der Waals surface area contributed by atoms with E-state index in [1.165, 1.54) is 18.5 Å². The fourth-order valence-electron chi connectivity index (χ4n) is 2.63. The number of hydrazone groups is 1. The SMILES string of the molecule is NC(=NC=Nc1ccc(OC(F)(F)F)cc1)c1ccc(/C=N\NC(=S)Nc2c(Cl)cccc2Cl)cc1. The zero-order valence-corrected chi connectivity index (χ0v) is 20.5. The van der Waals surface area contributed by atoms with E-state index in [1.807, 2.05) is 0 Å². The van der Waals surface area contributed by atoms with Gasteiger partial charge in [-0.05, 0) is 54.2 Å². The molecule has 0 unspecified atom stereocenters.